The smallest absolute Gasteiger partial charge is 0.309 e. The van der Waals surface area contributed by atoms with E-state index in [2.05, 4.69) is 11.2 Å². The number of terminal acetylenes is 1. The van der Waals surface area contributed by atoms with E-state index in [0.717, 1.165) is 12.1 Å². The van der Waals surface area contributed by atoms with E-state index in [4.69, 9.17) is 6.42 Å². The van der Waals surface area contributed by atoms with Crippen molar-refractivity contribution in [2.75, 3.05) is 0 Å². The van der Waals surface area contributed by atoms with E-state index in [1.165, 1.54) is 0 Å². The molecule has 0 amide bonds. The molecule has 18 heavy (non-hydrogen) atoms. The van der Waals surface area contributed by atoms with Gasteiger partial charge >= 0.3 is 6.18 Å². The molecule has 0 aliphatic heterocycles. The van der Waals surface area contributed by atoms with Crippen LogP contribution in [0, 0.1) is 18.2 Å². The van der Waals surface area contributed by atoms with Crippen molar-refractivity contribution in [2.45, 2.75) is 32.1 Å². The highest BCUT2D eigenvalue weighted by Gasteiger charge is 2.31. The molecule has 0 aromatic heterocycles. The summed E-state index contributed by atoms with van der Waals surface area (Å²) in [4.78, 5) is 0. The molecule has 1 aromatic rings. The first-order chi connectivity index (χ1) is 8.32. The third-order valence-corrected chi connectivity index (χ3v) is 2.36. The summed E-state index contributed by atoms with van der Waals surface area (Å²) in [7, 11) is 0. The van der Waals surface area contributed by atoms with Gasteiger partial charge in [-0.3, -0.25) is 0 Å². The van der Waals surface area contributed by atoms with Gasteiger partial charge in [0.15, 0.2) is 0 Å². The summed E-state index contributed by atoms with van der Waals surface area (Å²) in [6.45, 7) is 1.95. The molecule has 0 saturated heterocycles. The molecule has 0 spiro atoms. The predicted octanol–water partition coefficient (Wildman–Crippen LogP) is 3.35. The van der Waals surface area contributed by atoms with Gasteiger partial charge in [-0.05, 0) is 30.7 Å². The first kappa shape index (κ1) is 14.5. The van der Waals surface area contributed by atoms with Crippen LogP contribution in [0.4, 0.5) is 17.6 Å². The molecule has 0 bridgehead atoms. The Hall–Kier alpha value is -1.54. The fraction of sp³-hybridized carbons (Fsp3) is 0.385. The van der Waals surface area contributed by atoms with Crippen molar-refractivity contribution in [1.29, 1.82) is 0 Å². The normalized spacial score (nSPS) is 13.1. The molecule has 0 saturated carbocycles. The van der Waals surface area contributed by atoms with Gasteiger partial charge in [-0.15, -0.1) is 12.3 Å². The maximum Gasteiger partial charge on any atom is 0.416 e. The fourth-order valence-electron chi connectivity index (χ4n) is 1.46. The van der Waals surface area contributed by atoms with Crippen molar-refractivity contribution >= 4 is 0 Å². The lowest BCUT2D eigenvalue weighted by atomic mass is 10.1. The van der Waals surface area contributed by atoms with E-state index < -0.39 is 17.6 Å². The van der Waals surface area contributed by atoms with Gasteiger partial charge in [-0.25, -0.2) is 4.39 Å². The predicted molar refractivity (Wildman–Crippen MR) is 61.2 cm³/mol. The second-order valence-corrected chi connectivity index (χ2v) is 4.04. The first-order valence-electron chi connectivity index (χ1n) is 5.36. The Labute approximate surface area is 103 Å². The van der Waals surface area contributed by atoms with Crippen LogP contribution >= 0.6 is 0 Å². The summed E-state index contributed by atoms with van der Waals surface area (Å²) in [5.41, 5.74) is -0.741. The zero-order valence-electron chi connectivity index (χ0n) is 9.81. The average molecular weight is 259 g/mol. The third-order valence-electron chi connectivity index (χ3n) is 2.36. The number of alkyl halides is 3. The number of halogens is 4. The number of hydrogen-bond acceptors (Lipinski definition) is 1. The van der Waals surface area contributed by atoms with Crippen molar-refractivity contribution in [3.63, 3.8) is 0 Å². The standard InChI is InChI=1S/C13H13F4N/c1-3-4-9(2)18-8-10-5-11(13(15,16)17)7-12(14)6-10/h1,5-7,9,18H,4,8H2,2H3. The van der Waals surface area contributed by atoms with Crippen LogP contribution in [0.3, 0.4) is 0 Å². The van der Waals surface area contributed by atoms with E-state index in [9.17, 15) is 17.6 Å². The molecule has 1 rings (SSSR count). The van der Waals surface area contributed by atoms with Crippen LogP contribution in [0.1, 0.15) is 24.5 Å². The zero-order valence-corrected chi connectivity index (χ0v) is 9.81. The Morgan fingerprint density at radius 2 is 2.00 bits per heavy atom. The SMILES string of the molecule is C#CCC(C)NCc1cc(F)cc(C(F)(F)F)c1. The lowest BCUT2D eigenvalue weighted by Crippen LogP contribution is -2.25. The highest BCUT2D eigenvalue weighted by atomic mass is 19.4. The molecule has 98 valence electrons. The van der Waals surface area contributed by atoms with E-state index in [1.54, 1.807) is 0 Å². The summed E-state index contributed by atoms with van der Waals surface area (Å²) in [5, 5.41) is 2.93. The molecule has 1 nitrogen and oxygen atoms in total. The Balaban J connectivity index is 2.78. The highest BCUT2D eigenvalue weighted by Crippen LogP contribution is 2.30. The monoisotopic (exact) mass is 259 g/mol. The molecular weight excluding hydrogens is 246 g/mol. The van der Waals surface area contributed by atoms with Crippen molar-refractivity contribution in [2.24, 2.45) is 0 Å². The minimum Gasteiger partial charge on any atom is -0.309 e. The molecule has 5 heteroatoms. The van der Waals surface area contributed by atoms with Crippen LogP contribution in [0.25, 0.3) is 0 Å². The second kappa shape index (κ2) is 5.87. The van der Waals surface area contributed by atoms with Crippen LogP contribution in [0.5, 0.6) is 0 Å². The third kappa shape index (κ3) is 4.38. The van der Waals surface area contributed by atoms with Crippen molar-refractivity contribution in [1.82, 2.24) is 5.32 Å². The summed E-state index contributed by atoms with van der Waals surface area (Å²) < 4.78 is 50.4. The van der Waals surface area contributed by atoms with Gasteiger partial charge in [-0.2, -0.15) is 13.2 Å². The van der Waals surface area contributed by atoms with Crippen LogP contribution in [-0.4, -0.2) is 6.04 Å². The van der Waals surface area contributed by atoms with E-state index in [-0.39, 0.29) is 18.2 Å². The molecule has 1 aromatic carbocycles. The van der Waals surface area contributed by atoms with Crippen LogP contribution in [0.15, 0.2) is 18.2 Å². The summed E-state index contributed by atoms with van der Waals surface area (Å²) in [5.74, 6) is 1.54. The lowest BCUT2D eigenvalue weighted by Gasteiger charge is -2.13. The zero-order chi connectivity index (χ0) is 13.8. The van der Waals surface area contributed by atoms with E-state index in [1.807, 2.05) is 6.92 Å². The fourth-order valence-corrected chi connectivity index (χ4v) is 1.46. The minimum atomic E-state index is -4.54. The second-order valence-electron chi connectivity index (χ2n) is 4.04. The Morgan fingerprint density at radius 3 is 2.56 bits per heavy atom. The molecule has 1 unspecified atom stereocenters. The Kier molecular flexibility index (Phi) is 4.74. The molecule has 0 aliphatic carbocycles. The molecule has 0 aliphatic rings. The van der Waals surface area contributed by atoms with Gasteiger partial charge in [0, 0.05) is 19.0 Å². The van der Waals surface area contributed by atoms with E-state index >= 15 is 0 Å². The topological polar surface area (TPSA) is 12.0 Å². The number of benzene rings is 1. The Bertz CT molecular complexity index is 445. The summed E-state index contributed by atoms with van der Waals surface area (Å²) in [6.07, 6.45) is 1.02. The lowest BCUT2D eigenvalue weighted by molar-refractivity contribution is -0.137. The Morgan fingerprint density at radius 1 is 1.33 bits per heavy atom. The molecular formula is C13H13F4N. The number of hydrogen-bond donors (Lipinski definition) is 1. The van der Waals surface area contributed by atoms with Crippen molar-refractivity contribution in [3.8, 4) is 12.3 Å². The van der Waals surface area contributed by atoms with Gasteiger partial charge < -0.3 is 5.32 Å². The van der Waals surface area contributed by atoms with Crippen molar-refractivity contribution in [3.05, 3.63) is 35.1 Å². The van der Waals surface area contributed by atoms with Crippen LogP contribution < -0.4 is 5.32 Å². The molecule has 0 heterocycles. The molecule has 1 N–H and O–H groups in total. The van der Waals surface area contributed by atoms with Gasteiger partial charge in [0.05, 0.1) is 5.56 Å². The quantitative estimate of drug-likeness (QED) is 0.646. The summed E-state index contributed by atoms with van der Waals surface area (Å²) in [6, 6.07) is 2.45. The molecule has 0 fully saturated rings. The number of nitrogens with one attached hydrogen (secondary N) is 1. The first-order valence-corrected chi connectivity index (χ1v) is 5.36. The van der Waals surface area contributed by atoms with Crippen LogP contribution in [-0.2, 0) is 12.7 Å². The molecule has 1 atom stereocenters. The molecule has 0 radical (unpaired) electrons. The largest absolute Gasteiger partial charge is 0.416 e. The van der Waals surface area contributed by atoms with Gasteiger partial charge in [0.25, 0.3) is 0 Å². The highest BCUT2D eigenvalue weighted by molar-refractivity contribution is 5.26. The maximum absolute atomic E-state index is 13.1. The van der Waals surface area contributed by atoms with Gasteiger partial charge in [0.1, 0.15) is 5.82 Å². The average Bonchev–Trinajstić information content (AvgIpc) is 2.25. The van der Waals surface area contributed by atoms with E-state index in [0.29, 0.717) is 12.5 Å². The minimum absolute atomic E-state index is 0.0346. The van der Waals surface area contributed by atoms with Gasteiger partial charge in [0.2, 0.25) is 0 Å². The van der Waals surface area contributed by atoms with Crippen molar-refractivity contribution < 1.29 is 17.6 Å². The summed E-state index contributed by atoms with van der Waals surface area (Å²) >= 11 is 0. The number of rotatable bonds is 4. The maximum atomic E-state index is 13.1. The van der Waals surface area contributed by atoms with Crippen LogP contribution in [0.2, 0.25) is 0 Å². The van der Waals surface area contributed by atoms with Gasteiger partial charge in [-0.1, -0.05) is 0 Å².